The summed E-state index contributed by atoms with van der Waals surface area (Å²) in [5.41, 5.74) is 5.72. The number of non-ortho nitro benzene ring substituents is 1. The molecule has 0 radical (unpaired) electrons. The van der Waals surface area contributed by atoms with E-state index in [9.17, 15) is 23.1 Å². The van der Waals surface area contributed by atoms with Crippen LogP contribution in [0.1, 0.15) is 0 Å². The van der Waals surface area contributed by atoms with Crippen molar-refractivity contribution < 1.29 is 17.9 Å². The van der Waals surface area contributed by atoms with E-state index in [1.54, 1.807) is 12.1 Å². The molecule has 0 spiro atoms. The predicted molar refractivity (Wildman–Crippen MR) is 77.6 cm³/mol. The fourth-order valence-corrected chi connectivity index (χ4v) is 2.58. The van der Waals surface area contributed by atoms with Gasteiger partial charge < -0.3 is 5.73 Å². The Kier molecular flexibility index (Phi) is 3.78. The van der Waals surface area contributed by atoms with Crippen LogP contribution in [0.2, 0.25) is 0 Å². The van der Waals surface area contributed by atoms with Gasteiger partial charge in [-0.1, -0.05) is 12.1 Å². The number of nitrogens with zero attached hydrogens (tertiary/aromatic N) is 2. The summed E-state index contributed by atoms with van der Waals surface area (Å²) >= 11 is 0. The quantitative estimate of drug-likeness (QED) is 0.385. The van der Waals surface area contributed by atoms with Crippen molar-refractivity contribution in [2.75, 3.05) is 10.0 Å². The molecular formula is C12H11N3O5S. The van der Waals surface area contributed by atoms with Gasteiger partial charge in [-0.05, 0) is 24.3 Å². The summed E-state index contributed by atoms with van der Waals surface area (Å²) in [6.07, 6.45) is 0. The topological polar surface area (TPSA) is 127 Å². The number of benzene rings is 2. The molecule has 0 aromatic heterocycles. The van der Waals surface area contributed by atoms with E-state index >= 15 is 0 Å². The van der Waals surface area contributed by atoms with Gasteiger partial charge in [0.15, 0.2) is 0 Å². The fraction of sp³-hybridized carbons (Fsp3) is 0. The van der Waals surface area contributed by atoms with Gasteiger partial charge in [-0.2, -0.15) is 8.42 Å². The zero-order valence-electron chi connectivity index (χ0n) is 10.6. The van der Waals surface area contributed by atoms with E-state index in [4.69, 9.17) is 5.73 Å². The van der Waals surface area contributed by atoms with Crippen molar-refractivity contribution in [2.24, 2.45) is 0 Å². The molecule has 0 bridgehead atoms. The molecule has 8 nitrogen and oxygen atoms in total. The molecule has 3 N–H and O–H groups in total. The van der Waals surface area contributed by atoms with Crippen LogP contribution in [-0.4, -0.2) is 17.9 Å². The highest BCUT2D eigenvalue weighted by Crippen LogP contribution is 2.33. The van der Waals surface area contributed by atoms with E-state index in [2.05, 4.69) is 0 Å². The van der Waals surface area contributed by atoms with Crippen LogP contribution in [-0.2, 0) is 10.3 Å². The van der Waals surface area contributed by atoms with E-state index in [1.807, 2.05) is 0 Å². The summed E-state index contributed by atoms with van der Waals surface area (Å²) in [5.74, 6) is 0. The highest BCUT2D eigenvalue weighted by Gasteiger charge is 2.24. The summed E-state index contributed by atoms with van der Waals surface area (Å²) in [4.78, 5) is 9.99. The number of nitro benzene ring substituents is 1. The van der Waals surface area contributed by atoms with E-state index in [-0.39, 0.29) is 22.7 Å². The maximum Gasteiger partial charge on any atom is 0.364 e. The van der Waals surface area contributed by atoms with E-state index < -0.39 is 15.2 Å². The predicted octanol–water partition coefficient (Wildman–Crippen LogP) is 2.12. The van der Waals surface area contributed by atoms with Crippen LogP contribution in [0.25, 0.3) is 0 Å². The van der Waals surface area contributed by atoms with E-state index in [0.29, 0.717) is 4.31 Å². The Morgan fingerprint density at radius 1 is 1.10 bits per heavy atom. The second kappa shape index (κ2) is 5.38. The van der Waals surface area contributed by atoms with Crippen LogP contribution < -0.4 is 10.0 Å². The van der Waals surface area contributed by atoms with E-state index in [1.165, 1.54) is 24.3 Å². The van der Waals surface area contributed by atoms with Crippen molar-refractivity contribution >= 4 is 33.1 Å². The second-order valence-electron chi connectivity index (χ2n) is 4.07. The van der Waals surface area contributed by atoms with Crippen LogP contribution in [0, 0.1) is 10.1 Å². The Labute approximate surface area is 120 Å². The molecule has 0 aliphatic heterocycles. The summed E-state index contributed by atoms with van der Waals surface area (Å²) in [7, 11) is -4.64. The van der Waals surface area contributed by atoms with Crippen LogP contribution >= 0.6 is 0 Å². The lowest BCUT2D eigenvalue weighted by Gasteiger charge is -2.22. The molecule has 0 fully saturated rings. The molecule has 0 aliphatic rings. The van der Waals surface area contributed by atoms with Crippen molar-refractivity contribution in [2.45, 2.75) is 0 Å². The number of rotatable bonds is 4. The summed E-state index contributed by atoms with van der Waals surface area (Å²) in [6.45, 7) is 0. The third-order valence-corrected chi connectivity index (χ3v) is 3.55. The van der Waals surface area contributed by atoms with Gasteiger partial charge in [-0.25, -0.2) is 4.31 Å². The summed E-state index contributed by atoms with van der Waals surface area (Å²) < 4.78 is 33.2. The monoisotopic (exact) mass is 309 g/mol. The lowest BCUT2D eigenvalue weighted by Crippen LogP contribution is -2.25. The van der Waals surface area contributed by atoms with E-state index in [0.717, 1.165) is 12.1 Å². The van der Waals surface area contributed by atoms with Crippen LogP contribution in [0.15, 0.2) is 48.5 Å². The number of hydrogen-bond donors (Lipinski definition) is 2. The molecule has 21 heavy (non-hydrogen) atoms. The molecule has 110 valence electrons. The highest BCUT2D eigenvalue weighted by atomic mass is 32.2. The molecule has 0 saturated heterocycles. The van der Waals surface area contributed by atoms with Crippen molar-refractivity contribution in [3.05, 3.63) is 58.6 Å². The van der Waals surface area contributed by atoms with Gasteiger partial charge in [0.05, 0.1) is 22.0 Å². The Morgan fingerprint density at radius 3 is 2.14 bits per heavy atom. The first kappa shape index (κ1) is 14.8. The fourth-order valence-electron chi connectivity index (χ4n) is 1.78. The molecule has 0 unspecified atom stereocenters. The first-order chi connectivity index (χ1) is 9.80. The Hall–Kier alpha value is -2.65. The van der Waals surface area contributed by atoms with Gasteiger partial charge in [0.1, 0.15) is 0 Å². The normalized spacial score (nSPS) is 11.1. The minimum absolute atomic E-state index is 0.0287. The number of nitrogen functional groups attached to an aromatic ring is 1. The zero-order valence-corrected chi connectivity index (χ0v) is 11.4. The standard InChI is InChI=1S/C12H11N3O5S/c13-11-3-1-2-4-12(11)14(21(18,19)20)9-5-7-10(8-6-9)15(16)17/h1-8H,13H2,(H,18,19,20). The number of hydrogen-bond acceptors (Lipinski definition) is 5. The number of para-hydroxylation sites is 2. The Morgan fingerprint density at radius 2 is 1.67 bits per heavy atom. The summed E-state index contributed by atoms with van der Waals surface area (Å²) in [6, 6.07) is 10.7. The first-order valence-corrected chi connectivity index (χ1v) is 7.07. The van der Waals surface area contributed by atoms with Gasteiger partial charge in [0.2, 0.25) is 0 Å². The second-order valence-corrected chi connectivity index (χ2v) is 5.34. The van der Waals surface area contributed by atoms with Crippen LogP contribution in [0.3, 0.4) is 0 Å². The van der Waals surface area contributed by atoms with Crippen molar-refractivity contribution in [1.82, 2.24) is 0 Å². The molecule has 0 aliphatic carbocycles. The molecular weight excluding hydrogens is 298 g/mol. The van der Waals surface area contributed by atoms with Crippen LogP contribution in [0.4, 0.5) is 22.7 Å². The SMILES string of the molecule is Nc1ccccc1N(c1ccc([N+](=O)[O-])cc1)S(=O)(=O)O. The first-order valence-electron chi connectivity index (χ1n) is 5.67. The zero-order chi connectivity index (χ0) is 15.6. The molecule has 2 aromatic carbocycles. The molecule has 0 atom stereocenters. The van der Waals surface area contributed by atoms with Gasteiger partial charge in [0, 0.05) is 12.1 Å². The maximum absolute atomic E-state index is 11.6. The van der Waals surface area contributed by atoms with Gasteiger partial charge in [0.25, 0.3) is 5.69 Å². The molecule has 9 heteroatoms. The lowest BCUT2D eigenvalue weighted by molar-refractivity contribution is -0.384. The molecule has 0 saturated carbocycles. The third kappa shape index (κ3) is 3.09. The minimum Gasteiger partial charge on any atom is -0.397 e. The number of anilines is 3. The van der Waals surface area contributed by atoms with Crippen molar-refractivity contribution in [3.8, 4) is 0 Å². The number of nitro groups is 1. The smallest absolute Gasteiger partial charge is 0.364 e. The van der Waals surface area contributed by atoms with Crippen molar-refractivity contribution in [3.63, 3.8) is 0 Å². The molecule has 0 amide bonds. The molecule has 0 heterocycles. The lowest BCUT2D eigenvalue weighted by atomic mass is 10.2. The van der Waals surface area contributed by atoms with Gasteiger partial charge in [-0.3, -0.25) is 14.7 Å². The average molecular weight is 309 g/mol. The maximum atomic E-state index is 11.6. The van der Waals surface area contributed by atoms with Gasteiger partial charge >= 0.3 is 10.3 Å². The highest BCUT2D eigenvalue weighted by molar-refractivity contribution is 7.87. The Balaban J connectivity index is 2.57. The molecule has 2 rings (SSSR count). The minimum atomic E-state index is -4.64. The van der Waals surface area contributed by atoms with Crippen LogP contribution in [0.5, 0.6) is 0 Å². The third-order valence-electron chi connectivity index (χ3n) is 2.68. The molecule has 2 aromatic rings. The van der Waals surface area contributed by atoms with Gasteiger partial charge in [-0.15, -0.1) is 0 Å². The largest absolute Gasteiger partial charge is 0.397 e. The number of nitrogens with two attached hydrogens (primary N) is 1. The average Bonchev–Trinajstić information content (AvgIpc) is 2.40. The Bertz CT molecular complexity index is 774. The van der Waals surface area contributed by atoms with Crippen molar-refractivity contribution in [1.29, 1.82) is 0 Å². The summed E-state index contributed by atoms with van der Waals surface area (Å²) in [5, 5.41) is 10.6.